The van der Waals surface area contributed by atoms with Gasteiger partial charge in [0.15, 0.2) is 11.0 Å². The van der Waals surface area contributed by atoms with Crippen molar-refractivity contribution >= 4 is 29.3 Å². The molecule has 0 saturated heterocycles. The molecule has 1 atom stereocenters. The molecule has 1 heterocycles. The van der Waals surface area contributed by atoms with Crippen molar-refractivity contribution in [2.24, 2.45) is 0 Å². The largest absolute Gasteiger partial charge is 0.355 e. The Labute approximate surface area is 145 Å². The number of rotatable bonds is 7. The van der Waals surface area contributed by atoms with Gasteiger partial charge in [-0.3, -0.25) is 4.79 Å². The fourth-order valence-electron chi connectivity index (χ4n) is 2.11. The van der Waals surface area contributed by atoms with Gasteiger partial charge in [-0.1, -0.05) is 42.4 Å². The van der Waals surface area contributed by atoms with Gasteiger partial charge in [-0.25, -0.2) is 0 Å². The van der Waals surface area contributed by atoms with Gasteiger partial charge in [0.1, 0.15) is 0 Å². The Kier molecular flexibility index (Phi) is 6.47. The van der Waals surface area contributed by atoms with E-state index < -0.39 is 0 Å². The highest BCUT2D eigenvalue weighted by Crippen LogP contribution is 2.27. The lowest BCUT2D eigenvalue weighted by atomic mass is 10.2. The van der Waals surface area contributed by atoms with Crippen LogP contribution in [0.5, 0.6) is 0 Å². The van der Waals surface area contributed by atoms with Crippen molar-refractivity contribution < 1.29 is 4.79 Å². The molecule has 1 amide bonds. The fourth-order valence-corrected chi connectivity index (χ4v) is 3.23. The van der Waals surface area contributed by atoms with Crippen LogP contribution >= 0.6 is 23.4 Å². The lowest BCUT2D eigenvalue weighted by Crippen LogP contribution is -2.31. The number of hydrogen-bond acceptors (Lipinski definition) is 4. The predicted octanol–water partition coefficient (Wildman–Crippen LogP) is 3.63. The Bertz CT molecular complexity index is 674. The second-order valence-electron chi connectivity index (χ2n) is 5.11. The molecule has 0 bridgehead atoms. The first-order valence-corrected chi connectivity index (χ1v) is 8.96. The Morgan fingerprint density at radius 2 is 2.17 bits per heavy atom. The van der Waals surface area contributed by atoms with E-state index in [9.17, 15) is 4.79 Å². The van der Waals surface area contributed by atoms with Crippen molar-refractivity contribution in [1.29, 1.82) is 0 Å². The first kappa shape index (κ1) is 17.8. The first-order valence-electron chi connectivity index (χ1n) is 7.70. The molecule has 0 radical (unpaired) electrons. The standard InChI is InChI=1S/C16H21ClN4OS/c1-4-9-18-15(22)11(3)23-16-20-19-14(21(16)5-2)12-7-6-8-13(17)10-12/h6-8,10-11H,4-5,9H2,1-3H3,(H,18,22). The molecule has 0 aliphatic carbocycles. The van der Waals surface area contributed by atoms with E-state index in [1.165, 1.54) is 11.8 Å². The van der Waals surface area contributed by atoms with Gasteiger partial charge in [-0.2, -0.15) is 0 Å². The predicted molar refractivity (Wildman–Crippen MR) is 94.8 cm³/mol. The topological polar surface area (TPSA) is 59.8 Å². The molecule has 2 aromatic rings. The molecule has 5 nitrogen and oxygen atoms in total. The zero-order valence-electron chi connectivity index (χ0n) is 13.5. The quantitative estimate of drug-likeness (QED) is 0.773. The van der Waals surface area contributed by atoms with Crippen LogP contribution in [0.4, 0.5) is 0 Å². The first-order chi connectivity index (χ1) is 11.1. The molecular weight excluding hydrogens is 332 g/mol. The average molecular weight is 353 g/mol. The van der Waals surface area contributed by atoms with E-state index >= 15 is 0 Å². The van der Waals surface area contributed by atoms with E-state index in [0.717, 1.165) is 29.5 Å². The normalized spacial score (nSPS) is 12.2. The maximum absolute atomic E-state index is 12.0. The molecule has 1 unspecified atom stereocenters. The van der Waals surface area contributed by atoms with Crippen LogP contribution in [0.1, 0.15) is 27.2 Å². The number of thioether (sulfide) groups is 1. The summed E-state index contributed by atoms with van der Waals surface area (Å²) in [6, 6.07) is 7.53. The number of benzene rings is 1. The van der Waals surface area contributed by atoms with Crippen LogP contribution in [-0.4, -0.2) is 32.5 Å². The number of nitrogens with zero attached hydrogens (tertiary/aromatic N) is 3. The summed E-state index contributed by atoms with van der Waals surface area (Å²) in [5.74, 6) is 0.783. The molecule has 1 aromatic heterocycles. The minimum absolute atomic E-state index is 0.0202. The third kappa shape index (κ3) is 4.48. The van der Waals surface area contributed by atoms with Crippen molar-refractivity contribution in [3.05, 3.63) is 29.3 Å². The Hall–Kier alpha value is -1.53. The molecule has 0 aliphatic heterocycles. The van der Waals surface area contributed by atoms with Crippen LogP contribution in [0.15, 0.2) is 29.4 Å². The van der Waals surface area contributed by atoms with E-state index in [1.54, 1.807) is 0 Å². The molecule has 23 heavy (non-hydrogen) atoms. The van der Waals surface area contributed by atoms with Gasteiger partial charge in [-0.05, 0) is 32.4 Å². The Balaban J connectivity index is 2.20. The van der Waals surface area contributed by atoms with E-state index in [0.29, 0.717) is 11.6 Å². The summed E-state index contributed by atoms with van der Waals surface area (Å²) in [5.41, 5.74) is 0.918. The molecule has 1 N–H and O–H groups in total. The maximum Gasteiger partial charge on any atom is 0.233 e. The Morgan fingerprint density at radius 3 is 2.83 bits per heavy atom. The van der Waals surface area contributed by atoms with Gasteiger partial charge in [0.05, 0.1) is 5.25 Å². The maximum atomic E-state index is 12.0. The lowest BCUT2D eigenvalue weighted by Gasteiger charge is -2.12. The van der Waals surface area contributed by atoms with E-state index in [1.807, 2.05) is 49.6 Å². The molecular formula is C16H21ClN4OS. The van der Waals surface area contributed by atoms with E-state index in [-0.39, 0.29) is 11.2 Å². The van der Waals surface area contributed by atoms with Gasteiger partial charge in [0.2, 0.25) is 5.91 Å². The van der Waals surface area contributed by atoms with Crippen LogP contribution in [0, 0.1) is 0 Å². The van der Waals surface area contributed by atoms with E-state index in [2.05, 4.69) is 15.5 Å². The van der Waals surface area contributed by atoms with Crippen LogP contribution in [0.3, 0.4) is 0 Å². The second kappa shape index (κ2) is 8.36. The third-order valence-electron chi connectivity index (χ3n) is 3.32. The molecule has 0 aliphatic rings. The van der Waals surface area contributed by atoms with Gasteiger partial charge in [-0.15, -0.1) is 10.2 Å². The lowest BCUT2D eigenvalue weighted by molar-refractivity contribution is -0.120. The molecule has 1 aromatic carbocycles. The zero-order valence-corrected chi connectivity index (χ0v) is 15.1. The number of hydrogen-bond donors (Lipinski definition) is 1. The summed E-state index contributed by atoms with van der Waals surface area (Å²) in [5, 5.41) is 12.6. The SMILES string of the molecule is CCCNC(=O)C(C)Sc1nnc(-c2cccc(Cl)c2)n1CC. The molecule has 0 fully saturated rings. The summed E-state index contributed by atoms with van der Waals surface area (Å²) in [6.07, 6.45) is 0.924. The number of carbonyl (C=O) groups excluding carboxylic acids is 1. The highest BCUT2D eigenvalue weighted by Gasteiger charge is 2.19. The average Bonchev–Trinajstić information content (AvgIpc) is 2.95. The van der Waals surface area contributed by atoms with Gasteiger partial charge < -0.3 is 9.88 Å². The number of carbonyl (C=O) groups is 1. The van der Waals surface area contributed by atoms with Crippen molar-refractivity contribution in [3.8, 4) is 11.4 Å². The van der Waals surface area contributed by atoms with Gasteiger partial charge >= 0.3 is 0 Å². The van der Waals surface area contributed by atoms with Gasteiger partial charge in [0, 0.05) is 23.7 Å². The number of aromatic nitrogens is 3. The van der Waals surface area contributed by atoms with Crippen LogP contribution in [0.25, 0.3) is 11.4 Å². The Morgan fingerprint density at radius 1 is 1.39 bits per heavy atom. The minimum atomic E-state index is -0.219. The van der Waals surface area contributed by atoms with Crippen LogP contribution in [0.2, 0.25) is 5.02 Å². The summed E-state index contributed by atoms with van der Waals surface area (Å²) in [6.45, 7) is 7.36. The van der Waals surface area contributed by atoms with Crippen molar-refractivity contribution in [2.45, 2.75) is 44.1 Å². The summed E-state index contributed by atoms with van der Waals surface area (Å²) >= 11 is 7.47. The van der Waals surface area contributed by atoms with Crippen molar-refractivity contribution in [2.75, 3.05) is 6.54 Å². The minimum Gasteiger partial charge on any atom is -0.355 e. The molecule has 2 rings (SSSR count). The van der Waals surface area contributed by atoms with Crippen molar-refractivity contribution in [1.82, 2.24) is 20.1 Å². The highest BCUT2D eigenvalue weighted by atomic mass is 35.5. The summed E-state index contributed by atoms with van der Waals surface area (Å²) in [7, 11) is 0. The number of halogens is 1. The highest BCUT2D eigenvalue weighted by molar-refractivity contribution is 8.00. The molecule has 0 saturated carbocycles. The molecule has 124 valence electrons. The van der Waals surface area contributed by atoms with Crippen LogP contribution < -0.4 is 5.32 Å². The number of amides is 1. The van der Waals surface area contributed by atoms with Crippen molar-refractivity contribution in [3.63, 3.8) is 0 Å². The fraction of sp³-hybridized carbons (Fsp3) is 0.438. The summed E-state index contributed by atoms with van der Waals surface area (Å²) < 4.78 is 2.00. The van der Waals surface area contributed by atoms with Crippen LogP contribution in [-0.2, 0) is 11.3 Å². The monoisotopic (exact) mass is 352 g/mol. The smallest absolute Gasteiger partial charge is 0.233 e. The zero-order chi connectivity index (χ0) is 16.8. The molecule has 0 spiro atoms. The second-order valence-corrected chi connectivity index (χ2v) is 6.86. The van der Waals surface area contributed by atoms with E-state index in [4.69, 9.17) is 11.6 Å². The van der Waals surface area contributed by atoms with Gasteiger partial charge in [0.25, 0.3) is 0 Å². The third-order valence-corrected chi connectivity index (χ3v) is 4.63. The number of nitrogens with one attached hydrogen (secondary N) is 1. The summed E-state index contributed by atoms with van der Waals surface area (Å²) in [4.78, 5) is 12.0. The molecule has 7 heteroatoms.